The number of pyridine rings is 1. The van der Waals surface area contributed by atoms with Crippen LogP contribution < -0.4 is 4.74 Å². The van der Waals surface area contributed by atoms with Crippen molar-refractivity contribution < 1.29 is 9.13 Å². The highest BCUT2D eigenvalue weighted by Crippen LogP contribution is 2.21. The molecule has 1 saturated heterocycles. The molecular weight excluding hydrogens is 317 g/mol. The highest BCUT2D eigenvalue weighted by Gasteiger charge is 2.21. The number of benzene rings is 1. The molecule has 1 aromatic carbocycles. The lowest BCUT2D eigenvalue weighted by molar-refractivity contribution is 0.124. The Kier molecular flexibility index (Phi) is 5.62. The molecule has 2 aromatic rings. The summed E-state index contributed by atoms with van der Waals surface area (Å²) < 4.78 is 20.0. The number of hydrogen-bond acceptors (Lipinski definition) is 4. The van der Waals surface area contributed by atoms with Crippen molar-refractivity contribution in [1.29, 1.82) is 5.26 Å². The second kappa shape index (κ2) is 8.09. The van der Waals surface area contributed by atoms with E-state index in [4.69, 9.17) is 10.00 Å². The van der Waals surface area contributed by atoms with Gasteiger partial charge in [-0.15, -0.1) is 0 Å². The third-order valence-electron chi connectivity index (χ3n) is 4.53. The van der Waals surface area contributed by atoms with Crippen molar-refractivity contribution >= 4 is 0 Å². The summed E-state index contributed by atoms with van der Waals surface area (Å²) in [5.74, 6) is 0.983. The molecule has 0 N–H and O–H groups in total. The van der Waals surface area contributed by atoms with Crippen LogP contribution in [-0.4, -0.2) is 29.6 Å². The molecule has 4 nitrogen and oxygen atoms in total. The summed E-state index contributed by atoms with van der Waals surface area (Å²) in [5, 5.41) is 8.83. The monoisotopic (exact) mass is 339 g/mol. The Morgan fingerprint density at radius 1 is 1.36 bits per heavy atom. The zero-order valence-electron chi connectivity index (χ0n) is 14.4. The molecule has 0 amide bonds. The minimum atomic E-state index is -0.301. The van der Waals surface area contributed by atoms with Crippen molar-refractivity contribution in [3.05, 3.63) is 59.2 Å². The van der Waals surface area contributed by atoms with E-state index in [1.807, 2.05) is 25.1 Å². The highest BCUT2D eigenvalue weighted by molar-refractivity contribution is 5.32. The van der Waals surface area contributed by atoms with Crippen LogP contribution in [0.25, 0.3) is 0 Å². The van der Waals surface area contributed by atoms with Crippen LogP contribution in [0.2, 0.25) is 0 Å². The van der Waals surface area contributed by atoms with Crippen molar-refractivity contribution in [3.8, 4) is 11.8 Å². The van der Waals surface area contributed by atoms with E-state index in [1.165, 1.54) is 6.07 Å². The summed E-state index contributed by atoms with van der Waals surface area (Å²) in [6.45, 7) is 5.04. The number of hydrogen-bond donors (Lipinski definition) is 0. The molecule has 0 saturated carbocycles. The first-order valence-corrected chi connectivity index (χ1v) is 8.60. The smallest absolute Gasteiger partial charge is 0.129 e. The van der Waals surface area contributed by atoms with Gasteiger partial charge in [0, 0.05) is 42.5 Å². The lowest BCUT2D eigenvalue weighted by Gasteiger charge is -2.32. The predicted molar refractivity (Wildman–Crippen MR) is 93.6 cm³/mol. The molecule has 1 aliphatic heterocycles. The van der Waals surface area contributed by atoms with Gasteiger partial charge in [0.1, 0.15) is 11.6 Å². The van der Waals surface area contributed by atoms with Gasteiger partial charge in [0.2, 0.25) is 0 Å². The van der Waals surface area contributed by atoms with E-state index in [9.17, 15) is 4.39 Å². The predicted octanol–water partition coefficient (Wildman–Crippen LogP) is 3.69. The van der Waals surface area contributed by atoms with E-state index in [0.29, 0.717) is 30.2 Å². The third-order valence-corrected chi connectivity index (χ3v) is 4.53. The van der Waals surface area contributed by atoms with Crippen LogP contribution in [0.4, 0.5) is 4.39 Å². The number of likely N-dealkylation sites (tertiary alicyclic amines) is 1. The number of aryl methyl sites for hydroxylation is 1. The Morgan fingerprint density at radius 3 is 3.00 bits per heavy atom. The first-order chi connectivity index (χ1) is 12.1. The van der Waals surface area contributed by atoms with Crippen LogP contribution in [0.1, 0.15) is 29.7 Å². The van der Waals surface area contributed by atoms with E-state index >= 15 is 0 Å². The molecule has 25 heavy (non-hydrogen) atoms. The van der Waals surface area contributed by atoms with E-state index in [-0.39, 0.29) is 5.82 Å². The van der Waals surface area contributed by atoms with Gasteiger partial charge in [-0.25, -0.2) is 4.39 Å². The second-order valence-electron chi connectivity index (χ2n) is 6.61. The third kappa shape index (κ3) is 4.77. The molecule has 1 aliphatic rings. The summed E-state index contributed by atoms with van der Waals surface area (Å²) in [5.41, 5.74) is 1.95. The Hall–Kier alpha value is -2.45. The molecule has 0 aliphatic carbocycles. The Labute approximate surface area is 147 Å². The lowest BCUT2D eigenvalue weighted by Crippen LogP contribution is -2.37. The lowest BCUT2D eigenvalue weighted by atomic mass is 9.98. The summed E-state index contributed by atoms with van der Waals surface area (Å²) in [7, 11) is 0. The van der Waals surface area contributed by atoms with Gasteiger partial charge in [-0.05, 0) is 44.5 Å². The zero-order chi connectivity index (χ0) is 17.6. The number of nitriles is 1. The van der Waals surface area contributed by atoms with Gasteiger partial charge in [0.25, 0.3) is 0 Å². The topological polar surface area (TPSA) is 49.1 Å². The Balaban J connectivity index is 1.55. The van der Waals surface area contributed by atoms with Crippen LogP contribution in [0.5, 0.6) is 5.75 Å². The molecule has 1 fully saturated rings. The molecule has 0 radical (unpaired) electrons. The van der Waals surface area contributed by atoms with E-state index in [0.717, 1.165) is 37.4 Å². The number of nitrogens with zero attached hydrogens (tertiary/aromatic N) is 3. The van der Waals surface area contributed by atoms with Gasteiger partial charge in [-0.2, -0.15) is 5.26 Å². The number of ether oxygens (including phenoxy) is 1. The van der Waals surface area contributed by atoms with Gasteiger partial charge >= 0.3 is 0 Å². The van der Waals surface area contributed by atoms with Gasteiger partial charge in [0.05, 0.1) is 18.2 Å². The minimum absolute atomic E-state index is 0.301. The average Bonchev–Trinajstić information content (AvgIpc) is 2.62. The van der Waals surface area contributed by atoms with Crippen molar-refractivity contribution in [3.63, 3.8) is 0 Å². The molecule has 1 atom stereocenters. The highest BCUT2D eigenvalue weighted by atomic mass is 19.1. The van der Waals surface area contributed by atoms with Gasteiger partial charge in [0.15, 0.2) is 0 Å². The minimum Gasteiger partial charge on any atom is -0.493 e. The van der Waals surface area contributed by atoms with E-state index < -0.39 is 0 Å². The zero-order valence-corrected chi connectivity index (χ0v) is 14.4. The summed E-state index contributed by atoms with van der Waals surface area (Å²) in [6, 6.07) is 10.5. The van der Waals surface area contributed by atoms with E-state index in [1.54, 1.807) is 18.3 Å². The first-order valence-electron chi connectivity index (χ1n) is 8.60. The maximum absolute atomic E-state index is 14.1. The normalized spacial score (nSPS) is 17.9. The van der Waals surface area contributed by atoms with E-state index in [2.05, 4.69) is 9.88 Å². The number of halogens is 1. The quantitative estimate of drug-likeness (QED) is 0.833. The van der Waals surface area contributed by atoms with Crippen molar-refractivity contribution in [2.24, 2.45) is 5.92 Å². The second-order valence-corrected chi connectivity index (χ2v) is 6.61. The number of piperidine rings is 1. The van der Waals surface area contributed by atoms with Crippen LogP contribution in [-0.2, 0) is 6.54 Å². The van der Waals surface area contributed by atoms with Crippen molar-refractivity contribution in [2.75, 3.05) is 19.7 Å². The molecule has 0 bridgehead atoms. The SMILES string of the molecule is Cc1cc(OCC2CCCN(Cc3ccc(C#N)cc3F)C2)ccn1. The maximum Gasteiger partial charge on any atom is 0.129 e. The molecule has 1 unspecified atom stereocenters. The Morgan fingerprint density at radius 2 is 2.24 bits per heavy atom. The van der Waals surface area contributed by atoms with Crippen molar-refractivity contribution in [1.82, 2.24) is 9.88 Å². The molecule has 2 heterocycles. The van der Waals surface area contributed by atoms with Crippen molar-refractivity contribution in [2.45, 2.75) is 26.3 Å². The number of aromatic nitrogens is 1. The van der Waals surface area contributed by atoms with Crippen LogP contribution in [0.3, 0.4) is 0 Å². The largest absolute Gasteiger partial charge is 0.493 e. The standard InChI is InChI=1S/C20H22FN3O/c1-15-9-19(6-7-23-15)25-14-17-3-2-8-24(12-17)13-18-5-4-16(11-22)10-20(18)21/h4-7,9-10,17H,2-3,8,12-14H2,1H3. The average molecular weight is 339 g/mol. The Bertz CT molecular complexity index is 772. The van der Waals surface area contributed by atoms with Crippen LogP contribution in [0, 0.1) is 30.0 Å². The maximum atomic E-state index is 14.1. The molecule has 130 valence electrons. The van der Waals surface area contributed by atoms with Gasteiger partial charge < -0.3 is 4.74 Å². The first kappa shape index (κ1) is 17.4. The molecule has 0 spiro atoms. The summed E-state index contributed by atoms with van der Waals surface area (Å²) in [4.78, 5) is 6.43. The fourth-order valence-corrected chi connectivity index (χ4v) is 3.24. The van der Waals surface area contributed by atoms with Crippen LogP contribution >= 0.6 is 0 Å². The van der Waals surface area contributed by atoms with Crippen LogP contribution in [0.15, 0.2) is 36.5 Å². The molecule has 3 rings (SSSR count). The fraction of sp³-hybridized carbons (Fsp3) is 0.400. The number of rotatable bonds is 5. The summed E-state index contributed by atoms with van der Waals surface area (Å²) in [6.07, 6.45) is 3.96. The van der Waals surface area contributed by atoms with Gasteiger partial charge in [-0.3, -0.25) is 9.88 Å². The molecular formula is C20H22FN3O. The summed E-state index contributed by atoms with van der Waals surface area (Å²) >= 11 is 0. The van der Waals surface area contributed by atoms with Gasteiger partial charge in [-0.1, -0.05) is 6.07 Å². The molecule has 5 heteroatoms. The fourth-order valence-electron chi connectivity index (χ4n) is 3.24. The molecule has 1 aromatic heterocycles.